The van der Waals surface area contributed by atoms with E-state index in [9.17, 15) is 4.79 Å². The van der Waals surface area contributed by atoms with Crippen molar-refractivity contribution in [3.8, 4) is 22.9 Å². The highest BCUT2D eigenvalue weighted by Gasteiger charge is 2.36. The van der Waals surface area contributed by atoms with Gasteiger partial charge >= 0.3 is 6.03 Å². The van der Waals surface area contributed by atoms with Crippen molar-refractivity contribution in [2.45, 2.75) is 26.8 Å². The summed E-state index contributed by atoms with van der Waals surface area (Å²) in [5.41, 5.74) is 5.99. The maximum Gasteiger partial charge on any atom is 0.326 e. The van der Waals surface area contributed by atoms with Crippen LogP contribution in [0.5, 0.6) is 11.5 Å². The number of benzene rings is 3. The molecule has 37 heavy (non-hydrogen) atoms. The summed E-state index contributed by atoms with van der Waals surface area (Å²) >= 11 is 0. The normalized spacial score (nSPS) is 15.5. The van der Waals surface area contributed by atoms with Gasteiger partial charge in [0.1, 0.15) is 11.5 Å². The van der Waals surface area contributed by atoms with E-state index in [4.69, 9.17) is 19.0 Å². The van der Waals surface area contributed by atoms with Crippen molar-refractivity contribution in [3.63, 3.8) is 0 Å². The van der Waals surface area contributed by atoms with Gasteiger partial charge in [-0.1, -0.05) is 23.4 Å². The molecule has 4 aromatic rings. The van der Waals surface area contributed by atoms with Crippen LogP contribution in [0.25, 0.3) is 17.0 Å². The highest BCUT2D eigenvalue weighted by atomic mass is 16.5. The Kier molecular flexibility index (Phi) is 6.40. The Balaban J connectivity index is 1.64. The van der Waals surface area contributed by atoms with Crippen LogP contribution < -0.4 is 19.7 Å². The zero-order valence-corrected chi connectivity index (χ0v) is 21.4. The summed E-state index contributed by atoms with van der Waals surface area (Å²) in [5.74, 6) is 2.24. The van der Waals surface area contributed by atoms with Crippen LogP contribution in [0.2, 0.25) is 0 Å². The van der Waals surface area contributed by atoms with Crippen LogP contribution in [-0.2, 0) is 0 Å². The second kappa shape index (κ2) is 9.81. The molecule has 0 aliphatic carbocycles. The maximum absolute atomic E-state index is 13.5. The fraction of sp³-hybridized carbons (Fsp3) is 0.207. The summed E-state index contributed by atoms with van der Waals surface area (Å²) < 4.78 is 16.4. The SMILES string of the molecule is COc1ccc(-c2noc(C3=C(C)N(c4cc(C)cc(C)c4)C(=O)NC3c3ccc(OC)cc3)n2)cc1. The Hall–Kier alpha value is -4.59. The Bertz CT molecular complexity index is 1450. The van der Waals surface area contributed by atoms with E-state index < -0.39 is 6.04 Å². The number of anilines is 1. The lowest BCUT2D eigenvalue weighted by Crippen LogP contribution is -2.46. The van der Waals surface area contributed by atoms with Crippen molar-refractivity contribution in [2.24, 2.45) is 0 Å². The molecule has 1 aromatic heterocycles. The van der Waals surface area contributed by atoms with Crippen LogP contribution in [0.4, 0.5) is 10.5 Å². The van der Waals surface area contributed by atoms with Gasteiger partial charge in [-0.05, 0) is 86.0 Å². The summed E-state index contributed by atoms with van der Waals surface area (Å²) in [6.07, 6.45) is 0. The second-order valence-corrected chi connectivity index (χ2v) is 8.99. The Morgan fingerprint density at radius 2 is 1.46 bits per heavy atom. The topological polar surface area (TPSA) is 89.7 Å². The molecule has 5 rings (SSSR count). The number of hydrogen-bond donors (Lipinski definition) is 1. The number of hydrogen-bond acceptors (Lipinski definition) is 6. The first-order valence-electron chi connectivity index (χ1n) is 11.9. The van der Waals surface area contributed by atoms with Crippen LogP contribution in [0.15, 0.2) is 77.0 Å². The molecule has 188 valence electrons. The number of rotatable bonds is 6. The van der Waals surface area contributed by atoms with Gasteiger partial charge in [-0.3, -0.25) is 4.90 Å². The van der Waals surface area contributed by atoms with E-state index in [2.05, 4.69) is 16.5 Å². The summed E-state index contributed by atoms with van der Waals surface area (Å²) in [7, 11) is 3.24. The van der Waals surface area contributed by atoms with Crippen molar-refractivity contribution in [1.29, 1.82) is 0 Å². The van der Waals surface area contributed by atoms with Gasteiger partial charge in [0.2, 0.25) is 5.82 Å². The van der Waals surface area contributed by atoms with Crippen LogP contribution in [0.3, 0.4) is 0 Å². The molecule has 0 spiro atoms. The van der Waals surface area contributed by atoms with E-state index in [1.807, 2.05) is 81.4 Å². The van der Waals surface area contributed by atoms with Crippen LogP contribution in [0, 0.1) is 13.8 Å². The Morgan fingerprint density at radius 1 is 0.865 bits per heavy atom. The minimum atomic E-state index is -0.496. The van der Waals surface area contributed by atoms with Crippen molar-refractivity contribution in [1.82, 2.24) is 15.5 Å². The lowest BCUT2D eigenvalue weighted by atomic mass is 9.94. The summed E-state index contributed by atoms with van der Waals surface area (Å²) in [4.78, 5) is 19.9. The smallest absolute Gasteiger partial charge is 0.326 e. The molecule has 0 saturated heterocycles. The lowest BCUT2D eigenvalue weighted by Gasteiger charge is -2.35. The van der Waals surface area contributed by atoms with Gasteiger partial charge in [-0.25, -0.2) is 4.79 Å². The van der Waals surface area contributed by atoms with Gasteiger partial charge in [0, 0.05) is 11.3 Å². The summed E-state index contributed by atoms with van der Waals surface area (Å²) in [6, 6.07) is 20.3. The molecule has 0 saturated carbocycles. The molecule has 0 bridgehead atoms. The lowest BCUT2D eigenvalue weighted by molar-refractivity contribution is 0.244. The molecule has 2 heterocycles. The molecular weight excluding hydrogens is 468 g/mol. The van der Waals surface area contributed by atoms with Crippen molar-refractivity contribution < 1.29 is 18.8 Å². The van der Waals surface area contributed by atoms with Crippen LogP contribution >= 0.6 is 0 Å². The number of ether oxygens (including phenoxy) is 2. The molecular formula is C29H28N4O4. The van der Waals surface area contributed by atoms with Gasteiger partial charge in [-0.2, -0.15) is 4.98 Å². The highest BCUT2D eigenvalue weighted by molar-refractivity contribution is 6.01. The van der Waals surface area contributed by atoms with Gasteiger partial charge in [0.05, 0.1) is 31.5 Å². The summed E-state index contributed by atoms with van der Waals surface area (Å²) in [6.45, 7) is 5.93. The monoisotopic (exact) mass is 496 g/mol. The van der Waals surface area contributed by atoms with Crippen molar-refractivity contribution in [3.05, 3.63) is 95.0 Å². The third-order valence-electron chi connectivity index (χ3n) is 6.40. The zero-order valence-electron chi connectivity index (χ0n) is 21.4. The number of nitrogens with zero attached hydrogens (tertiary/aromatic N) is 3. The number of urea groups is 1. The number of amides is 2. The standard InChI is InChI=1S/C29H28N4O4/c1-17-14-18(2)16-22(15-17)33-19(3)25(26(30-29(33)34)20-6-10-23(35-4)11-7-20)28-31-27(32-37-28)21-8-12-24(36-5)13-9-21/h6-16,26H,1-5H3,(H,30,34). The van der Waals surface area contributed by atoms with E-state index in [0.29, 0.717) is 17.4 Å². The zero-order chi connectivity index (χ0) is 26.1. The molecule has 3 aromatic carbocycles. The number of nitrogens with one attached hydrogen (secondary N) is 1. The molecule has 1 unspecified atom stereocenters. The first-order valence-corrected chi connectivity index (χ1v) is 11.9. The van der Waals surface area contributed by atoms with Crippen LogP contribution in [0.1, 0.15) is 35.5 Å². The Morgan fingerprint density at radius 3 is 2.05 bits per heavy atom. The second-order valence-electron chi connectivity index (χ2n) is 8.99. The average Bonchev–Trinajstić information content (AvgIpc) is 3.37. The van der Waals surface area contributed by atoms with E-state index >= 15 is 0 Å². The van der Waals surface area contributed by atoms with E-state index in [1.54, 1.807) is 19.1 Å². The van der Waals surface area contributed by atoms with Crippen LogP contribution in [-0.4, -0.2) is 30.4 Å². The van der Waals surface area contributed by atoms with E-state index in [1.165, 1.54) is 0 Å². The number of aromatic nitrogens is 2. The van der Waals surface area contributed by atoms with Gasteiger partial charge in [0.25, 0.3) is 5.89 Å². The third kappa shape index (κ3) is 4.65. The van der Waals surface area contributed by atoms with Gasteiger partial charge in [0.15, 0.2) is 0 Å². The molecule has 8 heteroatoms. The largest absolute Gasteiger partial charge is 0.497 e. The van der Waals surface area contributed by atoms with E-state index in [-0.39, 0.29) is 6.03 Å². The van der Waals surface area contributed by atoms with Crippen molar-refractivity contribution in [2.75, 3.05) is 19.1 Å². The number of carbonyl (C=O) groups excluding carboxylic acids is 1. The number of methoxy groups -OCH3 is 2. The van der Waals surface area contributed by atoms with Gasteiger partial charge < -0.3 is 19.3 Å². The fourth-order valence-electron chi connectivity index (χ4n) is 4.65. The number of allylic oxidation sites excluding steroid dienone is 1. The number of aryl methyl sites for hydroxylation is 2. The van der Waals surface area contributed by atoms with Crippen molar-refractivity contribution >= 4 is 17.3 Å². The molecule has 0 radical (unpaired) electrons. The first kappa shape index (κ1) is 24.1. The Labute approximate surface area is 215 Å². The summed E-state index contributed by atoms with van der Waals surface area (Å²) in [5, 5.41) is 7.38. The molecule has 8 nitrogen and oxygen atoms in total. The fourth-order valence-corrected chi connectivity index (χ4v) is 4.65. The molecule has 2 amide bonds. The minimum absolute atomic E-state index is 0.234. The highest BCUT2D eigenvalue weighted by Crippen LogP contribution is 2.40. The average molecular weight is 497 g/mol. The molecule has 0 fully saturated rings. The molecule has 1 atom stereocenters. The molecule has 1 aliphatic heterocycles. The molecule has 1 N–H and O–H groups in total. The number of carbonyl (C=O) groups is 1. The molecule has 1 aliphatic rings. The first-order chi connectivity index (χ1) is 17.9. The predicted molar refractivity (Wildman–Crippen MR) is 142 cm³/mol. The van der Waals surface area contributed by atoms with E-state index in [0.717, 1.165) is 45.0 Å². The third-order valence-corrected chi connectivity index (χ3v) is 6.40. The van der Waals surface area contributed by atoms with Gasteiger partial charge in [-0.15, -0.1) is 0 Å². The minimum Gasteiger partial charge on any atom is -0.497 e. The maximum atomic E-state index is 13.5. The predicted octanol–water partition coefficient (Wildman–Crippen LogP) is 6.07. The quantitative estimate of drug-likeness (QED) is 0.348.